The van der Waals surface area contributed by atoms with E-state index < -0.39 is 5.82 Å². The highest BCUT2D eigenvalue weighted by Crippen LogP contribution is 2.48. The van der Waals surface area contributed by atoms with Crippen LogP contribution in [-0.4, -0.2) is 12.5 Å². The van der Waals surface area contributed by atoms with Crippen LogP contribution in [-0.2, 0) is 0 Å². The number of carbonyl (C=O) groups is 1. The number of nitrogens with one attached hydrogen (secondary N) is 1. The summed E-state index contributed by atoms with van der Waals surface area (Å²) in [6.07, 6.45) is 4.66. The largest absolute Gasteiger partial charge is 0.351 e. The van der Waals surface area contributed by atoms with Crippen molar-refractivity contribution in [3.05, 3.63) is 34.1 Å². The van der Waals surface area contributed by atoms with Gasteiger partial charge in [0.1, 0.15) is 5.82 Å². The summed E-state index contributed by atoms with van der Waals surface area (Å²) < 4.78 is 13.7. The molecule has 1 aliphatic carbocycles. The Bertz CT molecular complexity index is 457. The molecule has 1 aromatic carbocycles. The molecule has 1 saturated carbocycles. The summed E-state index contributed by atoms with van der Waals surface area (Å²) in [6.45, 7) is 2.85. The monoisotopic (exact) mass is 313 g/mol. The lowest BCUT2D eigenvalue weighted by atomic mass is 10.0. The maximum Gasteiger partial charge on any atom is 0.252 e. The van der Waals surface area contributed by atoms with E-state index >= 15 is 0 Å². The van der Waals surface area contributed by atoms with Gasteiger partial charge in [-0.05, 0) is 58.8 Å². The molecule has 1 fully saturated rings. The summed E-state index contributed by atoms with van der Waals surface area (Å²) >= 11 is 3.27. The smallest absolute Gasteiger partial charge is 0.252 e. The van der Waals surface area contributed by atoms with Gasteiger partial charge in [-0.15, -0.1) is 0 Å². The Morgan fingerprint density at radius 3 is 2.83 bits per heavy atom. The van der Waals surface area contributed by atoms with Gasteiger partial charge in [-0.3, -0.25) is 4.79 Å². The van der Waals surface area contributed by atoms with Crippen molar-refractivity contribution in [1.29, 1.82) is 0 Å². The fourth-order valence-electron chi connectivity index (χ4n) is 2.26. The summed E-state index contributed by atoms with van der Waals surface area (Å²) in [5.74, 6) is -0.596. The molecule has 2 rings (SSSR count). The first-order valence-corrected chi connectivity index (χ1v) is 7.09. The lowest BCUT2D eigenvalue weighted by molar-refractivity contribution is 0.0942. The summed E-state index contributed by atoms with van der Waals surface area (Å²) in [5, 5.41) is 2.92. The first-order valence-electron chi connectivity index (χ1n) is 6.29. The zero-order chi connectivity index (χ0) is 13.2. The molecule has 1 amide bonds. The lowest BCUT2D eigenvalue weighted by Crippen LogP contribution is -2.30. The first-order chi connectivity index (χ1) is 8.56. The third-order valence-corrected chi connectivity index (χ3v) is 4.23. The molecule has 0 saturated heterocycles. The number of carbonyl (C=O) groups excluding carboxylic acids is 1. The minimum atomic E-state index is -0.391. The van der Waals surface area contributed by atoms with Gasteiger partial charge in [0.25, 0.3) is 5.91 Å². The Kier molecular flexibility index (Phi) is 4.05. The summed E-state index contributed by atoms with van der Waals surface area (Å²) in [7, 11) is 0. The van der Waals surface area contributed by atoms with Crippen LogP contribution in [0.3, 0.4) is 0 Å². The zero-order valence-electron chi connectivity index (χ0n) is 10.4. The Labute approximate surface area is 115 Å². The van der Waals surface area contributed by atoms with Gasteiger partial charge in [0.05, 0.1) is 5.56 Å². The van der Waals surface area contributed by atoms with Crippen LogP contribution in [0.5, 0.6) is 0 Å². The average Bonchev–Trinajstić information content (AvgIpc) is 3.10. The van der Waals surface area contributed by atoms with Crippen LogP contribution in [0.4, 0.5) is 4.39 Å². The van der Waals surface area contributed by atoms with Gasteiger partial charge >= 0.3 is 0 Å². The van der Waals surface area contributed by atoms with Gasteiger partial charge in [0, 0.05) is 11.0 Å². The van der Waals surface area contributed by atoms with E-state index in [9.17, 15) is 9.18 Å². The number of rotatable bonds is 5. The predicted octanol–water partition coefficient (Wildman–Crippen LogP) is 3.90. The number of hydrogen-bond donors (Lipinski definition) is 1. The van der Waals surface area contributed by atoms with Gasteiger partial charge in [0.15, 0.2) is 0 Å². The Balaban J connectivity index is 1.98. The van der Waals surface area contributed by atoms with Crippen LogP contribution in [0.25, 0.3) is 0 Å². The van der Waals surface area contributed by atoms with Crippen molar-refractivity contribution in [3.8, 4) is 0 Å². The van der Waals surface area contributed by atoms with Gasteiger partial charge in [-0.25, -0.2) is 4.39 Å². The molecule has 0 atom stereocenters. The van der Waals surface area contributed by atoms with E-state index in [0.717, 1.165) is 12.8 Å². The van der Waals surface area contributed by atoms with Crippen molar-refractivity contribution >= 4 is 21.8 Å². The second-order valence-corrected chi connectivity index (χ2v) is 5.91. The highest BCUT2D eigenvalue weighted by atomic mass is 79.9. The third kappa shape index (κ3) is 3.10. The Morgan fingerprint density at radius 1 is 1.50 bits per heavy atom. The molecule has 1 N–H and O–H groups in total. The quantitative estimate of drug-likeness (QED) is 0.877. The van der Waals surface area contributed by atoms with Gasteiger partial charge in [0.2, 0.25) is 0 Å². The molecule has 0 bridgehead atoms. The summed E-state index contributed by atoms with van der Waals surface area (Å²) in [4.78, 5) is 12.0. The maximum atomic E-state index is 13.1. The molecule has 4 heteroatoms. The summed E-state index contributed by atoms with van der Waals surface area (Å²) in [6, 6.07) is 4.16. The molecule has 98 valence electrons. The SMILES string of the molecule is CCCC1(CNC(=O)c2cc(F)ccc2Br)CC1. The molecular formula is C14H17BrFNO. The second-order valence-electron chi connectivity index (χ2n) is 5.06. The predicted molar refractivity (Wildman–Crippen MR) is 73.0 cm³/mol. The standard InChI is InChI=1S/C14H17BrFNO/c1-2-5-14(6-7-14)9-17-13(18)11-8-10(16)3-4-12(11)15/h3-4,8H,2,5-7,9H2,1H3,(H,17,18). The van der Waals surface area contributed by atoms with E-state index in [1.165, 1.54) is 25.0 Å². The molecule has 1 aliphatic rings. The first kappa shape index (κ1) is 13.5. The highest BCUT2D eigenvalue weighted by molar-refractivity contribution is 9.10. The van der Waals surface area contributed by atoms with Crippen molar-refractivity contribution in [1.82, 2.24) is 5.32 Å². The van der Waals surface area contributed by atoms with Crippen LogP contribution in [0.2, 0.25) is 0 Å². The van der Waals surface area contributed by atoms with Crippen LogP contribution < -0.4 is 5.32 Å². The van der Waals surface area contributed by atoms with E-state index in [1.807, 2.05) is 0 Å². The van der Waals surface area contributed by atoms with Crippen LogP contribution in [0, 0.1) is 11.2 Å². The molecule has 18 heavy (non-hydrogen) atoms. The molecule has 0 spiro atoms. The van der Waals surface area contributed by atoms with Crippen LogP contribution >= 0.6 is 15.9 Å². The molecule has 0 aromatic heterocycles. The van der Waals surface area contributed by atoms with Crippen LogP contribution in [0.1, 0.15) is 43.0 Å². The normalized spacial score (nSPS) is 16.4. The van der Waals surface area contributed by atoms with Crippen molar-refractivity contribution in [2.45, 2.75) is 32.6 Å². The highest BCUT2D eigenvalue weighted by Gasteiger charge is 2.41. The van der Waals surface area contributed by atoms with Crippen molar-refractivity contribution in [2.75, 3.05) is 6.54 Å². The topological polar surface area (TPSA) is 29.1 Å². The number of benzene rings is 1. The third-order valence-electron chi connectivity index (χ3n) is 3.53. The average molecular weight is 314 g/mol. The Hall–Kier alpha value is -0.900. The summed E-state index contributed by atoms with van der Waals surface area (Å²) in [5.41, 5.74) is 0.673. The van der Waals surface area contributed by atoms with Crippen molar-refractivity contribution in [2.24, 2.45) is 5.41 Å². The minimum absolute atomic E-state index is 0.205. The molecule has 0 unspecified atom stereocenters. The molecule has 0 radical (unpaired) electrons. The van der Waals surface area contributed by atoms with E-state index in [1.54, 1.807) is 6.07 Å². The number of hydrogen-bond acceptors (Lipinski definition) is 1. The number of halogens is 2. The van der Waals surface area contributed by atoms with Gasteiger partial charge in [-0.2, -0.15) is 0 Å². The van der Waals surface area contributed by atoms with Gasteiger partial charge < -0.3 is 5.32 Å². The van der Waals surface area contributed by atoms with Crippen LogP contribution in [0.15, 0.2) is 22.7 Å². The lowest BCUT2D eigenvalue weighted by Gasteiger charge is -2.15. The van der Waals surface area contributed by atoms with E-state index in [4.69, 9.17) is 0 Å². The minimum Gasteiger partial charge on any atom is -0.351 e. The fourth-order valence-corrected chi connectivity index (χ4v) is 2.68. The molecule has 2 nitrogen and oxygen atoms in total. The molecular weight excluding hydrogens is 297 g/mol. The molecule has 1 aromatic rings. The van der Waals surface area contributed by atoms with Crippen molar-refractivity contribution < 1.29 is 9.18 Å². The Morgan fingerprint density at radius 2 is 2.22 bits per heavy atom. The maximum absolute atomic E-state index is 13.1. The molecule has 0 aliphatic heterocycles. The van der Waals surface area contributed by atoms with E-state index in [-0.39, 0.29) is 5.91 Å². The van der Waals surface area contributed by atoms with E-state index in [0.29, 0.717) is 22.0 Å². The number of amides is 1. The zero-order valence-corrected chi connectivity index (χ0v) is 12.0. The second kappa shape index (κ2) is 5.39. The molecule has 0 heterocycles. The van der Waals surface area contributed by atoms with Crippen molar-refractivity contribution in [3.63, 3.8) is 0 Å². The fraction of sp³-hybridized carbons (Fsp3) is 0.500. The van der Waals surface area contributed by atoms with Gasteiger partial charge in [-0.1, -0.05) is 13.3 Å². The van der Waals surface area contributed by atoms with E-state index in [2.05, 4.69) is 28.2 Å².